The lowest BCUT2D eigenvalue weighted by molar-refractivity contribution is -0.140. The summed E-state index contributed by atoms with van der Waals surface area (Å²) in [6.45, 7) is 7.23. The molecule has 0 heterocycles. The molecule has 0 spiro atoms. The molecule has 0 aliphatic heterocycles. The van der Waals surface area contributed by atoms with Crippen molar-refractivity contribution in [3.63, 3.8) is 0 Å². The van der Waals surface area contributed by atoms with Gasteiger partial charge in [-0.05, 0) is 19.3 Å². The van der Waals surface area contributed by atoms with Gasteiger partial charge in [0.2, 0.25) is 0 Å². The van der Waals surface area contributed by atoms with Crippen LogP contribution in [0.25, 0.3) is 0 Å². The molecule has 78 valence electrons. The fourth-order valence-electron chi connectivity index (χ4n) is 1.31. The highest BCUT2D eigenvalue weighted by Gasteiger charge is 2.05. The van der Waals surface area contributed by atoms with Gasteiger partial charge in [-0.2, -0.15) is 0 Å². The van der Waals surface area contributed by atoms with Gasteiger partial charge in [-0.1, -0.05) is 13.8 Å². The van der Waals surface area contributed by atoms with Gasteiger partial charge < -0.3 is 10.1 Å². The van der Waals surface area contributed by atoms with Gasteiger partial charge in [0.05, 0.1) is 13.5 Å². The Balaban J connectivity index is 3.36. The van der Waals surface area contributed by atoms with Crippen molar-refractivity contribution in [3.8, 4) is 0 Å². The van der Waals surface area contributed by atoms with Crippen molar-refractivity contribution >= 4 is 5.97 Å². The van der Waals surface area contributed by atoms with E-state index in [-0.39, 0.29) is 5.97 Å². The van der Waals surface area contributed by atoms with Crippen molar-refractivity contribution in [2.45, 2.75) is 39.7 Å². The second kappa shape index (κ2) is 6.89. The van der Waals surface area contributed by atoms with E-state index in [0.717, 1.165) is 6.42 Å². The Morgan fingerprint density at radius 1 is 1.38 bits per heavy atom. The lowest BCUT2D eigenvalue weighted by Gasteiger charge is -2.15. The first-order valence-electron chi connectivity index (χ1n) is 4.86. The van der Waals surface area contributed by atoms with Gasteiger partial charge in [-0.3, -0.25) is 4.79 Å². The number of rotatable bonds is 6. The molecule has 13 heavy (non-hydrogen) atoms. The molecule has 1 atom stereocenters. The van der Waals surface area contributed by atoms with Crippen molar-refractivity contribution in [1.82, 2.24) is 5.32 Å². The number of hydrogen-bond donors (Lipinski definition) is 1. The molecule has 1 N–H and O–H groups in total. The lowest BCUT2D eigenvalue weighted by atomic mass is 10.1. The molecule has 1 unspecified atom stereocenters. The van der Waals surface area contributed by atoms with Crippen LogP contribution in [-0.4, -0.2) is 25.7 Å². The third-order valence-electron chi connectivity index (χ3n) is 1.87. The molecular weight excluding hydrogens is 166 g/mol. The predicted octanol–water partition coefficient (Wildman–Crippen LogP) is 1.57. The Morgan fingerprint density at radius 2 is 2.00 bits per heavy atom. The quantitative estimate of drug-likeness (QED) is 0.641. The fourth-order valence-corrected chi connectivity index (χ4v) is 1.31. The van der Waals surface area contributed by atoms with Crippen molar-refractivity contribution in [1.29, 1.82) is 0 Å². The highest BCUT2D eigenvalue weighted by molar-refractivity contribution is 5.69. The first kappa shape index (κ1) is 12.4. The highest BCUT2D eigenvalue weighted by Crippen LogP contribution is 2.03. The Morgan fingerprint density at radius 3 is 2.46 bits per heavy atom. The van der Waals surface area contributed by atoms with Crippen LogP contribution in [0, 0.1) is 5.92 Å². The Labute approximate surface area is 80.8 Å². The topological polar surface area (TPSA) is 38.3 Å². The van der Waals surface area contributed by atoms with E-state index in [2.05, 4.69) is 30.8 Å². The number of esters is 1. The zero-order chi connectivity index (χ0) is 10.3. The van der Waals surface area contributed by atoms with Crippen molar-refractivity contribution in [2.24, 2.45) is 5.92 Å². The number of carbonyl (C=O) groups excluding carboxylic acids is 1. The van der Waals surface area contributed by atoms with E-state index in [0.29, 0.717) is 24.9 Å². The zero-order valence-electron chi connectivity index (χ0n) is 9.09. The zero-order valence-corrected chi connectivity index (χ0v) is 9.09. The molecule has 0 fully saturated rings. The lowest BCUT2D eigenvalue weighted by Crippen LogP contribution is -2.29. The predicted molar refractivity (Wildman–Crippen MR) is 53.6 cm³/mol. The first-order chi connectivity index (χ1) is 6.06. The van der Waals surface area contributed by atoms with Gasteiger partial charge in [-0.25, -0.2) is 0 Å². The third-order valence-corrected chi connectivity index (χ3v) is 1.87. The van der Waals surface area contributed by atoms with Gasteiger partial charge >= 0.3 is 5.97 Å². The fraction of sp³-hybridized carbons (Fsp3) is 0.900. The summed E-state index contributed by atoms with van der Waals surface area (Å²) in [6.07, 6.45) is 1.60. The van der Waals surface area contributed by atoms with Crippen LogP contribution in [0.4, 0.5) is 0 Å². The number of hydrogen-bond acceptors (Lipinski definition) is 3. The Hall–Kier alpha value is -0.570. The summed E-state index contributed by atoms with van der Waals surface area (Å²) in [7, 11) is 1.42. The van der Waals surface area contributed by atoms with E-state index >= 15 is 0 Å². The summed E-state index contributed by atoms with van der Waals surface area (Å²) in [5, 5.41) is 3.28. The maximum absolute atomic E-state index is 10.8. The van der Waals surface area contributed by atoms with E-state index in [4.69, 9.17) is 0 Å². The molecule has 0 radical (unpaired) electrons. The molecule has 0 aliphatic rings. The number of methoxy groups -OCH3 is 1. The Kier molecular flexibility index (Phi) is 6.59. The number of nitrogens with one attached hydrogen (secondary N) is 1. The van der Waals surface area contributed by atoms with Crippen LogP contribution < -0.4 is 5.32 Å². The minimum absolute atomic E-state index is 0.149. The smallest absolute Gasteiger partial charge is 0.306 e. The monoisotopic (exact) mass is 187 g/mol. The maximum Gasteiger partial charge on any atom is 0.306 e. The van der Waals surface area contributed by atoms with E-state index in [1.54, 1.807) is 0 Å². The van der Waals surface area contributed by atoms with E-state index in [9.17, 15) is 4.79 Å². The normalized spacial score (nSPS) is 13.0. The molecule has 0 saturated heterocycles. The van der Waals surface area contributed by atoms with E-state index in [1.807, 2.05) is 0 Å². The van der Waals surface area contributed by atoms with Gasteiger partial charge in [0, 0.05) is 12.6 Å². The third kappa shape index (κ3) is 7.78. The summed E-state index contributed by atoms with van der Waals surface area (Å²) in [5.41, 5.74) is 0. The van der Waals surface area contributed by atoms with Gasteiger partial charge in [0.1, 0.15) is 0 Å². The SMILES string of the molecule is COC(=O)CCNC(C)CC(C)C. The van der Waals surface area contributed by atoms with Crippen molar-refractivity contribution < 1.29 is 9.53 Å². The van der Waals surface area contributed by atoms with Gasteiger partial charge in [0.25, 0.3) is 0 Å². The molecular formula is C10H21NO2. The molecule has 0 amide bonds. The molecule has 0 aromatic rings. The van der Waals surface area contributed by atoms with Gasteiger partial charge in [0.15, 0.2) is 0 Å². The van der Waals surface area contributed by atoms with Crippen LogP contribution in [-0.2, 0) is 9.53 Å². The van der Waals surface area contributed by atoms with Crippen molar-refractivity contribution in [2.75, 3.05) is 13.7 Å². The molecule has 3 nitrogen and oxygen atoms in total. The van der Waals surface area contributed by atoms with Gasteiger partial charge in [-0.15, -0.1) is 0 Å². The molecule has 0 aromatic carbocycles. The van der Waals surface area contributed by atoms with Crippen LogP contribution >= 0.6 is 0 Å². The minimum atomic E-state index is -0.149. The second-order valence-corrected chi connectivity index (χ2v) is 3.81. The number of ether oxygens (including phenoxy) is 1. The van der Waals surface area contributed by atoms with Crippen molar-refractivity contribution in [3.05, 3.63) is 0 Å². The largest absolute Gasteiger partial charge is 0.469 e. The summed E-state index contributed by atoms with van der Waals surface area (Å²) in [6, 6.07) is 0.477. The van der Waals surface area contributed by atoms with Crippen LogP contribution in [0.3, 0.4) is 0 Å². The highest BCUT2D eigenvalue weighted by atomic mass is 16.5. The number of carbonyl (C=O) groups is 1. The van der Waals surface area contributed by atoms with Crippen LogP contribution in [0.5, 0.6) is 0 Å². The maximum atomic E-state index is 10.8. The summed E-state index contributed by atoms with van der Waals surface area (Å²) >= 11 is 0. The van der Waals surface area contributed by atoms with Crippen LogP contribution in [0.1, 0.15) is 33.6 Å². The average molecular weight is 187 g/mol. The molecule has 0 aliphatic carbocycles. The minimum Gasteiger partial charge on any atom is -0.469 e. The molecule has 0 aromatic heterocycles. The van der Waals surface area contributed by atoms with Crippen LogP contribution in [0.15, 0.2) is 0 Å². The molecule has 3 heteroatoms. The standard InChI is InChI=1S/C10H21NO2/c1-8(2)7-9(3)11-6-5-10(12)13-4/h8-9,11H,5-7H2,1-4H3. The van der Waals surface area contributed by atoms with Crippen LogP contribution in [0.2, 0.25) is 0 Å². The molecule has 0 rings (SSSR count). The average Bonchev–Trinajstić information content (AvgIpc) is 2.02. The molecule has 0 bridgehead atoms. The van der Waals surface area contributed by atoms with E-state index in [1.165, 1.54) is 7.11 Å². The van der Waals surface area contributed by atoms with E-state index < -0.39 is 0 Å². The summed E-state index contributed by atoms with van der Waals surface area (Å²) < 4.78 is 4.53. The second-order valence-electron chi connectivity index (χ2n) is 3.81. The summed E-state index contributed by atoms with van der Waals surface area (Å²) in [5.74, 6) is 0.546. The Bertz CT molecular complexity index is 146. The first-order valence-corrected chi connectivity index (χ1v) is 4.86. The molecule has 0 saturated carbocycles. The summed E-state index contributed by atoms with van der Waals surface area (Å²) in [4.78, 5) is 10.8.